The fourth-order valence-electron chi connectivity index (χ4n) is 1.58. The standard InChI is InChI=1S/C10H20N2/c1-9(2)10(11-3)8-12-6-4-5-7-12/h4-5,9-11H,6-8H2,1-3H3/t10-/m1/s1. The van der Waals surface area contributed by atoms with Crippen molar-refractivity contribution in [3.8, 4) is 0 Å². The van der Waals surface area contributed by atoms with Gasteiger partial charge in [-0.3, -0.25) is 4.90 Å². The van der Waals surface area contributed by atoms with E-state index in [2.05, 4.69) is 36.2 Å². The number of nitrogens with one attached hydrogen (secondary N) is 1. The van der Waals surface area contributed by atoms with Crippen molar-refractivity contribution in [2.75, 3.05) is 26.7 Å². The van der Waals surface area contributed by atoms with Gasteiger partial charge in [-0.05, 0) is 13.0 Å². The third-order valence-corrected chi connectivity index (χ3v) is 2.52. The molecule has 2 heteroatoms. The van der Waals surface area contributed by atoms with Gasteiger partial charge in [0, 0.05) is 25.7 Å². The maximum atomic E-state index is 3.36. The fraction of sp³-hybridized carbons (Fsp3) is 0.800. The molecule has 0 aromatic heterocycles. The smallest absolute Gasteiger partial charge is 0.0215 e. The second-order valence-electron chi connectivity index (χ2n) is 3.83. The Balaban J connectivity index is 2.27. The van der Waals surface area contributed by atoms with E-state index in [1.165, 1.54) is 6.54 Å². The molecule has 1 aliphatic heterocycles. The van der Waals surface area contributed by atoms with E-state index in [-0.39, 0.29) is 0 Å². The van der Waals surface area contributed by atoms with Gasteiger partial charge >= 0.3 is 0 Å². The van der Waals surface area contributed by atoms with Crippen molar-refractivity contribution in [1.29, 1.82) is 0 Å². The van der Waals surface area contributed by atoms with Crippen molar-refractivity contribution in [2.24, 2.45) is 5.92 Å². The highest BCUT2D eigenvalue weighted by molar-refractivity contribution is 4.96. The minimum atomic E-state index is 0.630. The normalized spacial score (nSPS) is 20.7. The van der Waals surface area contributed by atoms with Crippen LogP contribution < -0.4 is 5.32 Å². The van der Waals surface area contributed by atoms with E-state index in [0.29, 0.717) is 6.04 Å². The van der Waals surface area contributed by atoms with Crippen LogP contribution in [0.15, 0.2) is 12.2 Å². The van der Waals surface area contributed by atoms with Gasteiger partial charge in [-0.2, -0.15) is 0 Å². The van der Waals surface area contributed by atoms with Crippen molar-refractivity contribution >= 4 is 0 Å². The maximum absolute atomic E-state index is 3.36. The fourth-order valence-corrected chi connectivity index (χ4v) is 1.58. The first kappa shape index (κ1) is 9.75. The van der Waals surface area contributed by atoms with Gasteiger partial charge in [-0.25, -0.2) is 0 Å². The molecule has 0 amide bonds. The summed E-state index contributed by atoms with van der Waals surface area (Å²) in [4.78, 5) is 2.46. The van der Waals surface area contributed by atoms with Gasteiger partial charge in [0.15, 0.2) is 0 Å². The quantitative estimate of drug-likeness (QED) is 0.632. The molecule has 12 heavy (non-hydrogen) atoms. The highest BCUT2D eigenvalue weighted by Crippen LogP contribution is 2.06. The average Bonchev–Trinajstić information content (AvgIpc) is 2.51. The first-order chi connectivity index (χ1) is 5.74. The number of hydrogen-bond acceptors (Lipinski definition) is 2. The van der Waals surface area contributed by atoms with Gasteiger partial charge in [0.05, 0.1) is 0 Å². The Morgan fingerprint density at radius 1 is 1.33 bits per heavy atom. The lowest BCUT2D eigenvalue weighted by Crippen LogP contribution is -2.41. The van der Waals surface area contributed by atoms with Crippen LogP contribution in [0, 0.1) is 5.92 Å². The number of hydrogen-bond donors (Lipinski definition) is 1. The molecule has 0 unspecified atom stereocenters. The minimum Gasteiger partial charge on any atom is -0.315 e. The zero-order valence-electron chi connectivity index (χ0n) is 8.38. The van der Waals surface area contributed by atoms with E-state index in [4.69, 9.17) is 0 Å². The van der Waals surface area contributed by atoms with Gasteiger partial charge in [-0.1, -0.05) is 26.0 Å². The van der Waals surface area contributed by atoms with Crippen LogP contribution in [0.3, 0.4) is 0 Å². The molecule has 0 aliphatic carbocycles. The summed E-state index contributed by atoms with van der Waals surface area (Å²) >= 11 is 0. The van der Waals surface area contributed by atoms with Gasteiger partial charge < -0.3 is 5.32 Å². The molecule has 70 valence electrons. The second kappa shape index (κ2) is 4.63. The molecule has 0 bridgehead atoms. The molecule has 1 atom stereocenters. The highest BCUT2D eigenvalue weighted by atomic mass is 15.1. The van der Waals surface area contributed by atoms with Gasteiger partial charge in [0.25, 0.3) is 0 Å². The Hall–Kier alpha value is -0.340. The molecular weight excluding hydrogens is 148 g/mol. The van der Waals surface area contributed by atoms with E-state index in [1.807, 2.05) is 7.05 Å². The average molecular weight is 168 g/mol. The third kappa shape index (κ3) is 2.61. The molecule has 1 N–H and O–H groups in total. The molecule has 0 spiro atoms. The molecule has 0 aromatic carbocycles. The van der Waals surface area contributed by atoms with Gasteiger partial charge in [0.1, 0.15) is 0 Å². The van der Waals surface area contributed by atoms with Gasteiger partial charge in [0.2, 0.25) is 0 Å². The van der Waals surface area contributed by atoms with Crippen molar-refractivity contribution in [3.63, 3.8) is 0 Å². The summed E-state index contributed by atoms with van der Waals surface area (Å²) < 4.78 is 0. The largest absolute Gasteiger partial charge is 0.315 e. The Kier molecular flexibility index (Phi) is 3.76. The summed E-state index contributed by atoms with van der Waals surface area (Å²) in [7, 11) is 2.05. The highest BCUT2D eigenvalue weighted by Gasteiger charge is 2.15. The van der Waals surface area contributed by atoms with E-state index in [0.717, 1.165) is 19.0 Å². The third-order valence-electron chi connectivity index (χ3n) is 2.52. The Morgan fingerprint density at radius 2 is 1.92 bits per heavy atom. The summed E-state index contributed by atoms with van der Waals surface area (Å²) in [5, 5.41) is 3.36. The predicted molar refractivity (Wildman–Crippen MR) is 53.3 cm³/mol. The monoisotopic (exact) mass is 168 g/mol. The van der Waals surface area contributed by atoms with E-state index < -0.39 is 0 Å². The summed E-state index contributed by atoms with van der Waals surface area (Å²) in [6, 6.07) is 0.630. The zero-order chi connectivity index (χ0) is 8.97. The van der Waals surface area contributed by atoms with Crippen LogP contribution in [0.1, 0.15) is 13.8 Å². The lowest BCUT2D eigenvalue weighted by Gasteiger charge is -2.25. The molecule has 1 heterocycles. The SMILES string of the molecule is CN[C@H](CN1CC=CC1)C(C)C. The summed E-state index contributed by atoms with van der Waals surface area (Å²) in [5.41, 5.74) is 0. The molecule has 0 saturated carbocycles. The lowest BCUT2D eigenvalue weighted by molar-refractivity contribution is 0.271. The lowest BCUT2D eigenvalue weighted by atomic mass is 10.0. The van der Waals surface area contributed by atoms with Gasteiger partial charge in [-0.15, -0.1) is 0 Å². The predicted octanol–water partition coefficient (Wildman–Crippen LogP) is 1.10. The minimum absolute atomic E-state index is 0.630. The molecule has 0 radical (unpaired) electrons. The van der Waals surface area contributed by atoms with E-state index in [1.54, 1.807) is 0 Å². The maximum Gasteiger partial charge on any atom is 0.0215 e. The molecule has 0 fully saturated rings. The molecule has 1 aliphatic rings. The molecule has 2 nitrogen and oxygen atoms in total. The van der Waals surface area contributed by atoms with Crippen LogP contribution in [0.2, 0.25) is 0 Å². The van der Waals surface area contributed by atoms with Crippen LogP contribution in [-0.4, -0.2) is 37.6 Å². The zero-order valence-corrected chi connectivity index (χ0v) is 8.38. The molecule has 1 rings (SSSR count). The Morgan fingerprint density at radius 3 is 2.33 bits per heavy atom. The van der Waals surface area contributed by atoms with Crippen molar-refractivity contribution in [3.05, 3.63) is 12.2 Å². The molecule has 0 aromatic rings. The second-order valence-corrected chi connectivity index (χ2v) is 3.83. The van der Waals surface area contributed by atoms with Crippen molar-refractivity contribution in [2.45, 2.75) is 19.9 Å². The topological polar surface area (TPSA) is 15.3 Å². The van der Waals surface area contributed by atoms with Crippen LogP contribution in [0.4, 0.5) is 0 Å². The van der Waals surface area contributed by atoms with E-state index in [9.17, 15) is 0 Å². The Bertz CT molecular complexity index is 144. The molecule has 0 saturated heterocycles. The van der Waals surface area contributed by atoms with Crippen LogP contribution in [-0.2, 0) is 0 Å². The first-order valence-electron chi connectivity index (χ1n) is 4.78. The van der Waals surface area contributed by atoms with Crippen LogP contribution in [0.25, 0.3) is 0 Å². The summed E-state index contributed by atoms with van der Waals surface area (Å²) in [6.45, 7) is 7.96. The number of rotatable bonds is 4. The summed E-state index contributed by atoms with van der Waals surface area (Å²) in [6.07, 6.45) is 4.49. The number of likely N-dealkylation sites (N-methyl/N-ethyl adjacent to an activating group) is 1. The van der Waals surface area contributed by atoms with Crippen LogP contribution >= 0.6 is 0 Å². The van der Waals surface area contributed by atoms with E-state index >= 15 is 0 Å². The first-order valence-corrected chi connectivity index (χ1v) is 4.78. The Labute approximate surface area is 75.6 Å². The van der Waals surface area contributed by atoms with Crippen molar-refractivity contribution < 1.29 is 0 Å². The van der Waals surface area contributed by atoms with Crippen LogP contribution in [0.5, 0.6) is 0 Å². The van der Waals surface area contributed by atoms with Crippen molar-refractivity contribution in [1.82, 2.24) is 10.2 Å². The number of nitrogens with zero attached hydrogens (tertiary/aromatic N) is 1. The summed E-state index contributed by atoms with van der Waals surface area (Å²) in [5.74, 6) is 0.718. The molecular formula is C10H20N2.